The molecule has 1 amide bonds. The molecule has 26 heavy (non-hydrogen) atoms. The molecule has 1 aliphatic rings. The van der Waals surface area contributed by atoms with E-state index < -0.39 is 17.7 Å². The molecule has 2 aromatic rings. The molecule has 0 aliphatic carbocycles. The fourth-order valence-corrected chi connectivity index (χ4v) is 4.16. The first-order valence-electron chi connectivity index (χ1n) is 8.73. The van der Waals surface area contributed by atoms with Gasteiger partial charge in [-0.25, -0.2) is 4.98 Å². The third kappa shape index (κ3) is 3.17. The van der Waals surface area contributed by atoms with E-state index in [1.807, 2.05) is 44.2 Å². The Labute approximate surface area is 157 Å². The quantitative estimate of drug-likeness (QED) is 0.776. The summed E-state index contributed by atoms with van der Waals surface area (Å²) in [5.74, 6) is -1.23. The molecule has 1 unspecified atom stereocenters. The maximum Gasteiger partial charge on any atom is 0.290 e. The maximum atomic E-state index is 13.2. The van der Waals surface area contributed by atoms with Gasteiger partial charge in [0.25, 0.3) is 5.91 Å². The number of hydrogen-bond acceptors (Lipinski definition) is 5. The summed E-state index contributed by atoms with van der Waals surface area (Å²) in [5.41, 5.74) is 1.61. The molecule has 1 atom stereocenters. The summed E-state index contributed by atoms with van der Waals surface area (Å²) >= 11 is 1.29. The summed E-state index contributed by atoms with van der Waals surface area (Å²) in [7, 11) is 0. The van der Waals surface area contributed by atoms with Gasteiger partial charge in [0.15, 0.2) is 5.76 Å². The minimum atomic E-state index is -0.565. The zero-order valence-corrected chi connectivity index (χ0v) is 16.0. The lowest BCUT2D eigenvalue weighted by Gasteiger charge is -2.26. The van der Waals surface area contributed by atoms with Crippen molar-refractivity contribution in [1.29, 1.82) is 0 Å². The second kappa shape index (κ2) is 7.41. The van der Waals surface area contributed by atoms with Crippen LogP contribution in [0.4, 0.5) is 0 Å². The van der Waals surface area contributed by atoms with Crippen molar-refractivity contribution >= 4 is 23.0 Å². The molecular formula is C20H22N2O3S. The highest BCUT2D eigenvalue weighted by Gasteiger charge is 2.44. The summed E-state index contributed by atoms with van der Waals surface area (Å²) in [6, 6.07) is 8.83. The van der Waals surface area contributed by atoms with Crippen LogP contribution < -0.4 is 0 Å². The summed E-state index contributed by atoms with van der Waals surface area (Å²) in [4.78, 5) is 32.3. The molecule has 0 spiro atoms. The first-order chi connectivity index (χ1) is 12.5. The van der Waals surface area contributed by atoms with Crippen molar-refractivity contribution in [3.05, 3.63) is 62.8 Å². The van der Waals surface area contributed by atoms with Gasteiger partial charge in [-0.3, -0.25) is 9.59 Å². The van der Waals surface area contributed by atoms with Crippen molar-refractivity contribution in [2.75, 3.05) is 6.54 Å². The van der Waals surface area contributed by atoms with Crippen LogP contribution in [0.2, 0.25) is 0 Å². The number of aryl methyl sites for hydroxylation is 2. The average Bonchev–Trinajstić information content (AvgIpc) is 3.10. The van der Waals surface area contributed by atoms with E-state index in [0.717, 1.165) is 23.4 Å². The zero-order valence-electron chi connectivity index (χ0n) is 15.2. The van der Waals surface area contributed by atoms with Gasteiger partial charge in [0.1, 0.15) is 0 Å². The Balaban J connectivity index is 2.09. The lowest BCUT2D eigenvalue weighted by molar-refractivity contribution is -0.129. The van der Waals surface area contributed by atoms with Crippen molar-refractivity contribution in [2.24, 2.45) is 0 Å². The molecule has 0 saturated carbocycles. The van der Waals surface area contributed by atoms with E-state index >= 15 is 0 Å². The second-order valence-corrected chi connectivity index (χ2v) is 7.61. The van der Waals surface area contributed by atoms with Gasteiger partial charge in [0.05, 0.1) is 27.2 Å². The Bertz CT molecular complexity index is 870. The van der Waals surface area contributed by atoms with Gasteiger partial charge in [-0.15, -0.1) is 11.3 Å². The van der Waals surface area contributed by atoms with Crippen molar-refractivity contribution in [3.8, 4) is 0 Å². The Hall–Kier alpha value is -2.47. The number of carbonyl (C=O) groups is 2. The van der Waals surface area contributed by atoms with Crippen LogP contribution in [0.15, 0.2) is 41.7 Å². The number of amides is 1. The van der Waals surface area contributed by atoms with E-state index in [0.29, 0.717) is 17.1 Å². The summed E-state index contributed by atoms with van der Waals surface area (Å²) in [5, 5.41) is 11.3. The molecule has 0 bridgehead atoms. The standard InChI is InChI=1S/C20H22N2O3S/c1-4-5-11-22-16(14-9-7-6-8-10-14)15(18(24)20(22)25)17(23)19-12(2)21-13(3)26-19/h6-10,16,24H,4-5,11H2,1-3H3. The van der Waals surface area contributed by atoms with Gasteiger partial charge in [0, 0.05) is 6.54 Å². The number of aromatic nitrogens is 1. The molecule has 3 rings (SSSR count). The van der Waals surface area contributed by atoms with Crippen molar-refractivity contribution in [1.82, 2.24) is 9.88 Å². The van der Waals surface area contributed by atoms with E-state index in [4.69, 9.17) is 0 Å². The fourth-order valence-electron chi connectivity index (χ4n) is 3.29. The van der Waals surface area contributed by atoms with Gasteiger partial charge in [-0.05, 0) is 25.8 Å². The largest absolute Gasteiger partial charge is 0.503 e. The maximum absolute atomic E-state index is 13.2. The Morgan fingerprint density at radius 2 is 1.96 bits per heavy atom. The third-order valence-electron chi connectivity index (χ3n) is 4.53. The smallest absolute Gasteiger partial charge is 0.290 e. The molecule has 1 aliphatic heterocycles. The molecule has 0 radical (unpaired) electrons. The van der Waals surface area contributed by atoms with E-state index in [9.17, 15) is 14.7 Å². The number of benzene rings is 1. The highest BCUT2D eigenvalue weighted by molar-refractivity contribution is 7.14. The molecule has 1 N–H and O–H groups in total. The predicted molar refractivity (Wildman–Crippen MR) is 101 cm³/mol. The highest BCUT2D eigenvalue weighted by Crippen LogP contribution is 2.40. The minimum Gasteiger partial charge on any atom is -0.503 e. The monoisotopic (exact) mass is 370 g/mol. The number of rotatable bonds is 6. The Morgan fingerprint density at radius 3 is 2.54 bits per heavy atom. The van der Waals surface area contributed by atoms with E-state index in [1.54, 1.807) is 11.8 Å². The van der Waals surface area contributed by atoms with Crippen molar-refractivity contribution in [3.63, 3.8) is 0 Å². The Kier molecular flexibility index (Phi) is 5.23. The molecule has 6 heteroatoms. The number of hydrogen-bond donors (Lipinski definition) is 1. The van der Waals surface area contributed by atoms with Crippen LogP contribution in [-0.4, -0.2) is 33.2 Å². The van der Waals surface area contributed by atoms with Crippen molar-refractivity contribution < 1.29 is 14.7 Å². The normalized spacial score (nSPS) is 17.3. The number of ketones is 1. The summed E-state index contributed by atoms with van der Waals surface area (Å²) in [6.07, 6.45) is 1.73. The van der Waals surface area contributed by atoms with Crippen LogP contribution in [0.5, 0.6) is 0 Å². The van der Waals surface area contributed by atoms with Crippen LogP contribution in [-0.2, 0) is 4.79 Å². The van der Waals surface area contributed by atoms with Crippen LogP contribution >= 0.6 is 11.3 Å². The SMILES string of the molecule is CCCCN1C(=O)C(O)=C(C(=O)c2sc(C)nc2C)C1c1ccccc1. The van der Waals surface area contributed by atoms with Gasteiger partial charge in [0.2, 0.25) is 5.78 Å². The number of aliphatic hydroxyl groups is 1. The number of carbonyl (C=O) groups excluding carboxylic acids is 2. The van der Waals surface area contributed by atoms with Crippen LogP contribution in [0.25, 0.3) is 0 Å². The third-order valence-corrected chi connectivity index (χ3v) is 5.60. The van der Waals surface area contributed by atoms with E-state index in [1.165, 1.54) is 11.3 Å². The first-order valence-corrected chi connectivity index (χ1v) is 9.55. The van der Waals surface area contributed by atoms with Crippen molar-refractivity contribution in [2.45, 2.75) is 39.7 Å². The molecule has 0 fully saturated rings. The molecule has 1 aromatic heterocycles. The van der Waals surface area contributed by atoms with Crippen LogP contribution in [0.3, 0.4) is 0 Å². The van der Waals surface area contributed by atoms with Crippen LogP contribution in [0, 0.1) is 13.8 Å². The van der Waals surface area contributed by atoms with Gasteiger partial charge in [-0.1, -0.05) is 43.7 Å². The van der Waals surface area contributed by atoms with Crippen LogP contribution in [0.1, 0.15) is 51.7 Å². The number of unbranched alkanes of at least 4 members (excludes halogenated alkanes) is 1. The Morgan fingerprint density at radius 1 is 1.27 bits per heavy atom. The minimum absolute atomic E-state index is 0.157. The average molecular weight is 370 g/mol. The lowest BCUT2D eigenvalue weighted by atomic mass is 9.95. The number of Topliss-reactive ketones (excluding diaryl/α,β-unsaturated/α-hetero) is 1. The molecule has 0 saturated heterocycles. The molecule has 5 nitrogen and oxygen atoms in total. The highest BCUT2D eigenvalue weighted by atomic mass is 32.1. The second-order valence-electron chi connectivity index (χ2n) is 6.40. The molecule has 2 heterocycles. The first kappa shape index (κ1) is 18.3. The summed E-state index contributed by atoms with van der Waals surface area (Å²) in [6.45, 7) is 6.15. The predicted octanol–water partition coefficient (Wildman–Crippen LogP) is 4.14. The number of aliphatic hydroxyl groups excluding tert-OH is 1. The lowest BCUT2D eigenvalue weighted by Crippen LogP contribution is -2.32. The zero-order chi connectivity index (χ0) is 18.8. The van der Waals surface area contributed by atoms with E-state index in [2.05, 4.69) is 4.98 Å². The summed E-state index contributed by atoms with van der Waals surface area (Å²) < 4.78 is 0. The number of nitrogens with zero attached hydrogens (tertiary/aromatic N) is 2. The topological polar surface area (TPSA) is 70.5 Å². The van der Waals surface area contributed by atoms with Gasteiger partial charge in [-0.2, -0.15) is 0 Å². The van der Waals surface area contributed by atoms with Gasteiger partial charge < -0.3 is 10.0 Å². The molecule has 136 valence electrons. The number of thiazole rings is 1. The van der Waals surface area contributed by atoms with Gasteiger partial charge >= 0.3 is 0 Å². The molecular weight excluding hydrogens is 348 g/mol. The van der Waals surface area contributed by atoms with E-state index in [-0.39, 0.29) is 11.4 Å². The molecule has 1 aromatic carbocycles. The fraction of sp³-hybridized carbons (Fsp3) is 0.350.